The Bertz CT molecular complexity index is 2710. The molecule has 11 rings (SSSR count). The van der Waals surface area contributed by atoms with Crippen LogP contribution in [0, 0.1) is 0 Å². The molecule has 0 atom stereocenters. The average Bonchev–Trinajstić information content (AvgIpc) is 3.78. The van der Waals surface area contributed by atoms with Crippen molar-refractivity contribution in [1.29, 1.82) is 0 Å². The molecule has 1 spiro atoms. The van der Waals surface area contributed by atoms with Crippen molar-refractivity contribution < 1.29 is 0 Å². The maximum Gasteiger partial charge on any atom is 0.0746 e. The van der Waals surface area contributed by atoms with Gasteiger partial charge < -0.3 is 4.90 Å². The largest absolute Gasteiger partial charge is 0.309 e. The van der Waals surface area contributed by atoms with Gasteiger partial charge in [0, 0.05) is 22.2 Å². The molecule has 1 nitrogen and oxygen atoms in total. The molecule has 3 aliphatic rings. The minimum absolute atomic E-state index is 0.0752. The van der Waals surface area contributed by atoms with Crippen LogP contribution in [0.15, 0.2) is 188 Å². The van der Waals surface area contributed by atoms with Crippen molar-refractivity contribution in [2.24, 2.45) is 0 Å². The zero-order valence-corrected chi connectivity index (χ0v) is 29.8. The van der Waals surface area contributed by atoms with Crippen LogP contribution >= 0.6 is 0 Å². The van der Waals surface area contributed by atoms with Crippen molar-refractivity contribution in [2.75, 3.05) is 4.90 Å². The molecule has 0 saturated heterocycles. The Labute approximate surface area is 311 Å². The maximum atomic E-state index is 2.56. The first-order valence-electron chi connectivity index (χ1n) is 18.7. The number of hydrogen-bond donors (Lipinski definition) is 0. The molecule has 0 aliphatic heterocycles. The Morgan fingerprint density at radius 1 is 0.340 bits per heavy atom. The topological polar surface area (TPSA) is 3.24 Å². The Morgan fingerprint density at radius 2 is 0.792 bits per heavy atom. The highest BCUT2D eigenvalue weighted by molar-refractivity contribution is 6.01. The quantitative estimate of drug-likeness (QED) is 0.179. The van der Waals surface area contributed by atoms with Crippen LogP contribution in [0.1, 0.15) is 47.2 Å². The van der Waals surface area contributed by atoms with E-state index in [-0.39, 0.29) is 5.41 Å². The molecule has 3 aliphatic carbocycles. The molecule has 0 N–H and O–H groups in total. The number of hydrogen-bond acceptors (Lipinski definition) is 1. The second kappa shape index (κ2) is 11.0. The fraction of sp³-hybridized carbons (Fsp3) is 0.0769. The lowest BCUT2D eigenvalue weighted by Crippen LogP contribution is -2.28. The highest BCUT2D eigenvalue weighted by Crippen LogP contribution is 2.65. The molecule has 0 saturated carbocycles. The Morgan fingerprint density at radius 3 is 1.43 bits per heavy atom. The molecule has 8 aromatic carbocycles. The normalized spacial score (nSPS) is 14.5. The van der Waals surface area contributed by atoms with Crippen LogP contribution < -0.4 is 4.90 Å². The van der Waals surface area contributed by atoms with Crippen LogP contribution in [0.25, 0.3) is 44.5 Å². The van der Waals surface area contributed by atoms with Gasteiger partial charge in [0.2, 0.25) is 0 Å². The van der Waals surface area contributed by atoms with E-state index in [2.05, 4.69) is 207 Å². The molecule has 0 amide bonds. The smallest absolute Gasteiger partial charge is 0.0746 e. The number of para-hydroxylation sites is 1. The molecular weight excluding hydrogens is 639 g/mol. The molecular formula is C52H37N. The van der Waals surface area contributed by atoms with E-state index in [0.717, 1.165) is 11.4 Å². The van der Waals surface area contributed by atoms with Crippen LogP contribution in [0.2, 0.25) is 0 Å². The highest BCUT2D eigenvalue weighted by Gasteiger charge is 2.53. The Hall–Kier alpha value is -6.44. The monoisotopic (exact) mass is 675 g/mol. The van der Waals surface area contributed by atoms with E-state index >= 15 is 0 Å². The van der Waals surface area contributed by atoms with Gasteiger partial charge in [0.1, 0.15) is 0 Å². The summed E-state index contributed by atoms with van der Waals surface area (Å²) in [6, 6.07) is 70.2. The lowest BCUT2D eigenvalue weighted by Gasteiger charge is -2.36. The third-order valence-corrected chi connectivity index (χ3v) is 12.3. The second-order valence-electron chi connectivity index (χ2n) is 15.2. The van der Waals surface area contributed by atoms with Gasteiger partial charge >= 0.3 is 0 Å². The summed E-state index contributed by atoms with van der Waals surface area (Å²) in [5.41, 5.74) is 21.3. The van der Waals surface area contributed by atoms with Gasteiger partial charge in [0.25, 0.3) is 0 Å². The zero-order chi connectivity index (χ0) is 35.3. The summed E-state index contributed by atoms with van der Waals surface area (Å²) in [5, 5.41) is 0. The summed E-state index contributed by atoms with van der Waals surface area (Å²) >= 11 is 0. The van der Waals surface area contributed by atoms with Crippen molar-refractivity contribution in [1.82, 2.24) is 0 Å². The minimum Gasteiger partial charge on any atom is -0.309 e. The standard InChI is InChI=1S/C52H37N/c1-51(2)43-25-11-6-23-40(43)42-33-35(31-32-44(42)51)53(48-29-15-10-19-36(48)34-17-4-3-5-18-34)49-30-16-24-41-39-22-9-14-28-47(39)52(50(41)49)45-26-12-7-20-37(45)38-21-8-13-27-46(38)52/h3-33H,1-2H3. The fourth-order valence-corrected chi connectivity index (χ4v) is 10.1. The first-order valence-corrected chi connectivity index (χ1v) is 18.7. The van der Waals surface area contributed by atoms with Gasteiger partial charge in [0.15, 0.2) is 0 Å². The van der Waals surface area contributed by atoms with Gasteiger partial charge in [0.05, 0.1) is 16.8 Å². The van der Waals surface area contributed by atoms with Crippen LogP contribution in [-0.2, 0) is 10.8 Å². The number of rotatable bonds is 4. The maximum absolute atomic E-state index is 2.56. The van der Waals surface area contributed by atoms with Crippen molar-refractivity contribution in [3.63, 3.8) is 0 Å². The number of fused-ring (bicyclic) bond motifs is 13. The molecule has 0 heterocycles. The average molecular weight is 676 g/mol. The molecule has 0 radical (unpaired) electrons. The van der Waals surface area contributed by atoms with Gasteiger partial charge in [-0.05, 0) is 91.0 Å². The van der Waals surface area contributed by atoms with Crippen LogP contribution in [-0.4, -0.2) is 0 Å². The highest BCUT2D eigenvalue weighted by atomic mass is 15.1. The van der Waals surface area contributed by atoms with E-state index in [9.17, 15) is 0 Å². The first-order chi connectivity index (χ1) is 26.1. The predicted molar refractivity (Wildman–Crippen MR) is 220 cm³/mol. The molecule has 0 aromatic heterocycles. The van der Waals surface area contributed by atoms with Gasteiger partial charge in [-0.3, -0.25) is 0 Å². The molecule has 250 valence electrons. The van der Waals surface area contributed by atoms with E-state index in [0.29, 0.717) is 0 Å². The summed E-state index contributed by atoms with van der Waals surface area (Å²) in [5.74, 6) is 0. The number of anilines is 3. The van der Waals surface area contributed by atoms with Crippen molar-refractivity contribution in [3.8, 4) is 44.5 Å². The third kappa shape index (κ3) is 3.97. The number of benzene rings is 8. The van der Waals surface area contributed by atoms with E-state index in [1.165, 1.54) is 83.6 Å². The molecule has 1 heteroatoms. The van der Waals surface area contributed by atoms with Crippen LogP contribution in [0.3, 0.4) is 0 Å². The van der Waals surface area contributed by atoms with Gasteiger partial charge in [-0.2, -0.15) is 0 Å². The number of nitrogens with zero attached hydrogens (tertiary/aromatic N) is 1. The zero-order valence-electron chi connectivity index (χ0n) is 29.8. The SMILES string of the molecule is CC1(C)c2ccccc2-c2cc(N(c3ccccc3-c3ccccc3)c3cccc4c3C3(c5ccccc5-c5ccccc53)c3ccccc3-4)ccc21. The van der Waals surface area contributed by atoms with E-state index in [4.69, 9.17) is 0 Å². The fourth-order valence-electron chi connectivity index (χ4n) is 10.1. The van der Waals surface area contributed by atoms with Crippen LogP contribution in [0.5, 0.6) is 0 Å². The molecule has 53 heavy (non-hydrogen) atoms. The Kier molecular flexibility index (Phi) is 6.29. The molecule has 0 unspecified atom stereocenters. The Balaban J connectivity index is 1.27. The van der Waals surface area contributed by atoms with Crippen molar-refractivity contribution >= 4 is 17.1 Å². The third-order valence-electron chi connectivity index (χ3n) is 12.3. The van der Waals surface area contributed by atoms with Crippen LogP contribution in [0.4, 0.5) is 17.1 Å². The molecule has 0 bridgehead atoms. The summed E-state index contributed by atoms with van der Waals surface area (Å²) < 4.78 is 0. The van der Waals surface area contributed by atoms with Gasteiger partial charge in [-0.25, -0.2) is 0 Å². The predicted octanol–water partition coefficient (Wildman–Crippen LogP) is 13.5. The summed E-state index contributed by atoms with van der Waals surface area (Å²) in [6.07, 6.45) is 0. The van der Waals surface area contributed by atoms with E-state index in [1.54, 1.807) is 0 Å². The second-order valence-corrected chi connectivity index (χ2v) is 15.2. The van der Waals surface area contributed by atoms with Gasteiger partial charge in [-0.15, -0.1) is 0 Å². The lowest BCUT2D eigenvalue weighted by atomic mass is 9.70. The lowest BCUT2D eigenvalue weighted by molar-refractivity contribution is 0.660. The minimum atomic E-state index is -0.485. The van der Waals surface area contributed by atoms with Crippen molar-refractivity contribution in [2.45, 2.75) is 24.7 Å². The van der Waals surface area contributed by atoms with Crippen molar-refractivity contribution in [3.05, 3.63) is 221 Å². The van der Waals surface area contributed by atoms with E-state index in [1.807, 2.05) is 0 Å². The molecule has 0 fully saturated rings. The van der Waals surface area contributed by atoms with Gasteiger partial charge in [-0.1, -0.05) is 178 Å². The first kappa shape index (κ1) is 30.2. The summed E-state index contributed by atoms with van der Waals surface area (Å²) in [4.78, 5) is 2.56. The molecule has 8 aromatic rings. The summed E-state index contributed by atoms with van der Waals surface area (Å²) in [7, 11) is 0. The van der Waals surface area contributed by atoms with E-state index < -0.39 is 5.41 Å². The summed E-state index contributed by atoms with van der Waals surface area (Å²) in [6.45, 7) is 4.72.